The zero-order valence-electron chi connectivity index (χ0n) is 9.71. The van der Waals surface area contributed by atoms with E-state index < -0.39 is 0 Å². The Morgan fingerprint density at radius 2 is 2.22 bits per heavy atom. The molecule has 0 amide bonds. The van der Waals surface area contributed by atoms with Crippen LogP contribution in [0, 0.1) is 0 Å². The fourth-order valence-electron chi connectivity index (χ4n) is 1.88. The maximum atomic E-state index is 11.1. The molecule has 2 N–H and O–H groups in total. The van der Waals surface area contributed by atoms with Gasteiger partial charge >= 0.3 is 0 Å². The van der Waals surface area contributed by atoms with Gasteiger partial charge < -0.3 is 10.3 Å². The SMILES string of the molecule is CNc1nccn2c(-c3ccc(=O)[nH]c3)cnc12. The van der Waals surface area contributed by atoms with E-state index in [4.69, 9.17) is 0 Å². The number of H-pyrrole nitrogens is 1. The number of pyridine rings is 1. The van der Waals surface area contributed by atoms with Crippen LogP contribution in [0.3, 0.4) is 0 Å². The second-order valence-corrected chi connectivity index (χ2v) is 3.80. The summed E-state index contributed by atoms with van der Waals surface area (Å²) in [7, 11) is 1.80. The van der Waals surface area contributed by atoms with Crippen LogP contribution in [0.2, 0.25) is 0 Å². The Morgan fingerprint density at radius 3 is 2.94 bits per heavy atom. The number of aromatic nitrogens is 4. The first-order chi connectivity index (χ1) is 8.79. The monoisotopic (exact) mass is 241 g/mol. The lowest BCUT2D eigenvalue weighted by atomic mass is 10.2. The zero-order chi connectivity index (χ0) is 12.5. The Bertz CT molecular complexity index is 738. The van der Waals surface area contributed by atoms with Crippen LogP contribution in [0.4, 0.5) is 5.82 Å². The third kappa shape index (κ3) is 1.55. The Labute approximate surface area is 102 Å². The standard InChI is InChI=1S/C12H11N5O/c1-13-11-12-16-7-9(17(12)5-4-14-11)8-2-3-10(18)15-6-8/h2-7H,1H3,(H,13,14)(H,15,18). The summed E-state index contributed by atoms with van der Waals surface area (Å²) in [4.78, 5) is 22.2. The summed E-state index contributed by atoms with van der Waals surface area (Å²) in [6.07, 6.45) is 6.97. The van der Waals surface area contributed by atoms with Crippen molar-refractivity contribution in [1.29, 1.82) is 0 Å². The largest absolute Gasteiger partial charge is 0.370 e. The topological polar surface area (TPSA) is 75.1 Å². The molecule has 6 nitrogen and oxygen atoms in total. The maximum absolute atomic E-state index is 11.1. The highest BCUT2D eigenvalue weighted by atomic mass is 16.1. The van der Waals surface area contributed by atoms with Crippen LogP contribution in [0.15, 0.2) is 41.7 Å². The third-order valence-corrected chi connectivity index (χ3v) is 2.74. The molecule has 0 aliphatic rings. The average Bonchev–Trinajstić information content (AvgIpc) is 2.83. The molecule has 3 heterocycles. The predicted octanol–water partition coefficient (Wildman–Crippen LogP) is 1.13. The van der Waals surface area contributed by atoms with Crippen molar-refractivity contribution < 1.29 is 0 Å². The molecule has 0 saturated heterocycles. The summed E-state index contributed by atoms with van der Waals surface area (Å²) >= 11 is 0. The fourth-order valence-corrected chi connectivity index (χ4v) is 1.88. The highest BCUT2D eigenvalue weighted by Crippen LogP contribution is 2.21. The van der Waals surface area contributed by atoms with Crippen molar-refractivity contribution in [3.63, 3.8) is 0 Å². The fraction of sp³-hybridized carbons (Fsp3) is 0.0833. The van der Waals surface area contributed by atoms with Crippen molar-refractivity contribution in [2.45, 2.75) is 0 Å². The first-order valence-electron chi connectivity index (χ1n) is 5.48. The summed E-state index contributed by atoms with van der Waals surface area (Å²) in [6, 6.07) is 3.26. The van der Waals surface area contributed by atoms with Gasteiger partial charge in [-0.3, -0.25) is 9.20 Å². The molecule has 0 unspecified atom stereocenters. The lowest BCUT2D eigenvalue weighted by Gasteiger charge is -2.03. The van der Waals surface area contributed by atoms with Gasteiger partial charge in [0.2, 0.25) is 5.56 Å². The molecule has 0 spiro atoms. The smallest absolute Gasteiger partial charge is 0.247 e. The highest BCUT2D eigenvalue weighted by molar-refractivity contribution is 5.69. The van der Waals surface area contributed by atoms with Crippen LogP contribution in [0.25, 0.3) is 16.9 Å². The number of aromatic amines is 1. The Balaban J connectivity index is 2.24. The molecule has 0 bridgehead atoms. The Hall–Kier alpha value is -2.63. The second kappa shape index (κ2) is 3.99. The molecule has 0 fully saturated rings. The molecule has 3 rings (SSSR count). The van der Waals surface area contributed by atoms with E-state index in [9.17, 15) is 4.79 Å². The third-order valence-electron chi connectivity index (χ3n) is 2.74. The first-order valence-corrected chi connectivity index (χ1v) is 5.48. The molecule has 18 heavy (non-hydrogen) atoms. The lowest BCUT2D eigenvalue weighted by molar-refractivity contribution is 1.12. The molecule has 0 aliphatic carbocycles. The van der Waals surface area contributed by atoms with Crippen molar-refractivity contribution >= 4 is 11.5 Å². The van der Waals surface area contributed by atoms with E-state index in [-0.39, 0.29) is 5.56 Å². The molecule has 0 aromatic carbocycles. The second-order valence-electron chi connectivity index (χ2n) is 3.80. The highest BCUT2D eigenvalue weighted by Gasteiger charge is 2.08. The van der Waals surface area contributed by atoms with Gasteiger partial charge in [0.1, 0.15) is 0 Å². The molecule has 0 saturated carbocycles. The predicted molar refractivity (Wildman–Crippen MR) is 68.6 cm³/mol. The van der Waals surface area contributed by atoms with Crippen LogP contribution < -0.4 is 10.9 Å². The summed E-state index contributed by atoms with van der Waals surface area (Å²) in [6.45, 7) is 0. The number of nitrogens with zero attached hydrogens (tertiary/aromatic N) is 3. The molecule has 3 aromatic rings. The summed E-state index contributed by atoms with van der Waals surface area (Å²) in [5, 5.41) is 2.99. The van der Waals surface area contributed by atoms with Gasteiger partial charge in [-0.1, -0.05) is 0 Å². The number of fused-ring (bicyclic) bond motifs is 1. The van der Waals surface area contributed by atoms with Gasteiger partial charge in [0, 0.05) is 37.3 Å². The van der Waals surface area contributed by atoms with Gasteiger partial charge in [-0.15, -0.1) is 0 Å². The van der Waals surface area contributed by atoms with Crippen molar-refractivity contribution in [3.8, 4) is 11.3 Å². The molecule has 0 radical (unpaired) electrons. The van der Waals surface area contributed by atoms with E-state index in [0.29, 0.717) is 5.82 Å². The number of hydrogen-bond acceptors (Lipinski definition) is 4. The van der Waals surface area contributed by atoms with E-state index >= 15 is 0 Å². The quantitative estimate of drug-likeness (QED) is 0.705. The van der Waals surface area contributed by atoms with Crippen molar-refractivity contribution in [2.24, 2.45) is 0 Å². The van der Waals surface area contributed by atoms with Crippen molar-refractivity contribution in [3.05, 3.63) is 47.3 Å². The number of rotatable bonds is 2. The minimum absolute atomic E-state index is 0.120. The average molecular weight is 241 g/mol. The Morgan fingerprint density at radius 1 is 1.33 bits per heavy atom. The van der Waals surface area contributed by atoms with Gasteiger partial charge in [0.05, 0.1) is 11.9 Å². The molecule has 6 heteroatoms. The van der Waals surface area contributed by atoms with E-state index in [0.717, 1.165) is 16.9 Å². The van der Waals surface area contributed by atoms with Crippen molar-refractivity contribution in [1.82, 2.24) is 19.4 Å². The van der Waals surface area contributed by atoms with E-state index in [2.05, 4.69) is 20.3 Å². The van der Waals surface area contributed by atoms with Crippen LogP contribution in [0.5, 0.6) is 0 Å². The first kappa shape index (κ1) is 10.5. The van der Waals surface area contributed by atoms with Crippen LogP contribution in [-0.2, 0) is 0 Å². The lowest BCUT2D eigenvalue weighted by Crippen LogP contribution is -2.02. The van der Waals surface area contributed by atoms with Crippen molar-refractivity contribution in [2.75, 3.05) is 12.4 Å². The molecule has 0 atom stereocenters. The van der Waals surface area contributed by atoms with Gasteiger partial charge in [-0.25, -0.2) is 9.97 Å². The molecular formula is C12H11N5O. The molecule has 90 valence electrons. The number of anilines is 1. The van der Waals surface area contributed by atoms with Gasteiger partial charge in [-0.2, -0.15) is 0 Å². The van der Waals surface area contributed by atoms with Crippen LogP contribution >= 0.6 is 0 Å². The van der Waals surface area contributed by atoms with Crippen LogP contribution in [-0.4, -0.2) is 26.4 Å². The Kier molecular flexibility index (Phi) is 2.33. The molecule has 3 aromatic heterocycles. The minimum Gasteiger partial charge on any atom is -0.370 e. The van der Waals surface area contributed by atoms with E-state index in [1.165, 1.54) is 6.07 Å². The van der Waals surface area contributed by atoms with Crippen LogP contribution in [0.1, 0.15) is 0 Å². The number of imidazole rings is 1. The van der Waals surface area contributed by atoms with E-state index in [1.807, 2.05) is 10.6 Å². The molecular weight excluding hydrogens is 230 g/mol. The van der Waals surface area contributed by atoms with Gasteiger partial charge in [0.25, 0.3) is 0 Å². The maximum Gasteiger partial charge on any atom is 0.247 e. The number of hydrogen-bond donors (Lipinski definition) is 2. The minimum atomic E-state index is -0.120. The number of nitrogens with one attached hydrogen (secondary N) is 2. The van der Waals surface area contributed by atoms with E-state index in [1.54, 1.807) is 31.7 Å². The zero-order valence-corrected chi connectivity index (χ0v) is 9.71. The van der Waals surface area contributed by atoms with Gasteiger partial charge in [-0.05, 0) is 6.07 Å². The summed E-state index contributed by atoms with van der Waals surface area (Å²) in [5.41, 5.74) is 2.43. The molecule has 0 aliphatic heterocycles. The summed E-state index contributed by atoms with van der Waals surface area (Å²) in [5.74, 6) is 0.716. The van der Waals surface area contributed by atoms with Gasteiger partial charge in [0.15, 0.2) is 11.5 Å². The summed E-state index contributed by atoms with van der Waals surface area (Å²) < 4.78 is 1.92. The normalized spacial score (nSPS) is 10.7.